The summed E-state index contributed by atoms with van der Waals surface area (Å²) in [5.41, 5.74) is -0.451. The number of hydrogen-bond donors (Lipinski definition) is 8. The number of carbonyl (C=O) groups excluding carboxylic acids is 2. The summed E-state index contributed by atoms with van der Waals surface area (Å²) >= 11 is 3.46. The van der Waals surface area contributed by atoms with E-state index in [0.717, 1.165) is 25.1 Å². The zero-order chi connectivity index (χ0) is 30.2. The number of aliphatic hydroxyl groups is 4. The highest BCUT2D eigenvalue weighted by Gasteiger charge is 2.57. The van der Waals surface area contributed by atoms with Gasteiger partial charge in [-0.25, -0.2) is 13.6 Å². The van der Waals surface area contributed by atoms with E-state index in [4.69, 9.17) is 9.47 Å². The number of rotatable bonds is 13. The first-order valence-corrected chi connectivity index (χ1v) is 12.2. The molecule has 2 rings (SSSR count). The highest BCUT2D eigenvalue weighted by atomic mass is 32.1. The maximum atomic E-state index is 14.0. The normalized spacial score (nSPS) is 24.6. The molecule has 17 heteroatoms. The first kappa shape index (κ1) is 33.1. The van der Waals surface area contributed by atoms with E-state index in [9.17, 15) is 48.7 Å². The van der Waals surface area contributed by atoms with Crippen molar-refractivity contribution >= 4 is 42.1 Å². The Labute approximate surface area is 232 Å². The van der Waals surface area contributed by atoms with Crippen molar-refractivity contribution in [2.24, 2.45) is 5.16 Å². The Bertz CT molecular complexity index is 1100. The number of ether oxygens (including phenoxy) is 2. The number of nitrogens with zero attached hydrogens (tertiary/aromatic N) is 1. The third-order valence-corrected chi connectivity index (χ3v) is 5.98. The van der Waals surface area contributed by atoms with Gasteiger partial charge < -0.3 is 49.9 Å². The predicted molar refractivity (Wildman–Crippen MR) is 136 cm³/mol. The van der Waals surface area contributed by atoms with Gasteiger partial charge in [0.1, 0.15) is 24.1 Å². The standard InChI is InChI=1S/C23H31F2N3O11S/c1-10(28-39-40)3-6-17(33)27-12-4-5-16(13(7-12)21(24)25)37-23(22(35)36)8-14(31)18(26-11(2)30)20(38-23)19(34)15(32)9-29/h4-5,7,14-15,18-21,29,31-32,34,40H,3,6,8-9H2,1-2H3,(H,26,30)(H,27,33)(H,35,36). The Morgan fingerprint density at radius 3 is 2.48 bits per heavy atom. The zero-order valence-electron chi connectivity index (χ0n) is 21.4. The number of halogens is 2. The topological polar surface area (TPSA) is 216 Å². The summed E-state index contributed by atoms with van der Waals surface area (Å²) < 4.78 is 43.1. The Hall–Kier alpha value is -3.09. The second-order valence-corrected chi connectivity index (χ2v) is 9.15. The molecule has 0 aromatic heterocycles. The largest absolute Gasteiger partial charge is 0.476 e. The van der Waals surface area contributed by atoms with Crippen molar-refractivity contribution in [3.05, 3.63) is 23.8 Å². The molecule has 0 spiro atoms. The van der Waals surface area contributed by atoms with Gasteiger partial charge in [0.15, 0.2) is 0 Å². The zero-order valence-corrected chi connectivity index (χ0v) is 22.3. The Morgan fingerprint density at radius 1 is 1.25 bits per heavy atom. The number of carboxylic acid groups (broad SMARTS) is 1. The van der Waals surface area contributed by atoms with Gasteiger partial charge in [0.25, 0.3) is 6.43 Å². The van der Waals surface area contributed by atoms with Gasteiger partial charge in [-0.05, 0) is 31.5 Å². The third kappa shape index (κ3) is 8.45. The van der Waals surface area contributed by atoms with Gasteiger partial charge in [0.05, 0.1) is 49.4 Å². The number of oxime groups is 1. The van der Waals surface area contributed by atoms with E-state index >= 15 is 0 Å². The molecule has 1 aliphatic heterocycles. The number of anilines is 1. The lowest BCUT2D eigenvalue weighted by molar-refractivity contribution is -0.284. The number of thiol groups is 1. The quantitative estimate of drug-likeness (QED) is 0.0662. The molecule has 1 aromatic rings. The SMILES string of the molecule is CC(=O)NC1C(O)CC(Oc2ccc(NC(=O)CCC(C)=NOS)cc2C(F)F)(C(=O)O)OC1C(O)C(O)CO. The van der Waals surface area contributed by atoms with Crippen molar-refractivity contribution < 1.29 is 62.5 Å². The second-order valence-electron chi connectivity index (χ2n) is 8.99. The van der Waals surface area contributed by atoms with Crippen LogP contribution in [0.15, 0.2) is 23.4 Å². The van der Waals surface area contributed by atoms with Crippen LogP contribution in [0, 0.1) is 0 Å². The fraction of sp³-hybridized carbons (Fsp3) is 0.565. The van der Waals surface area contributed by atoms with Gasteiger partial charge in [-0.2, -0.15) is 0 Å². The lowest BCUT2D eigenvalue weighted by Crippen LogP contribution is -2.68. The molecule has 0 aliphatic carbocycles. The minimum Gasteiger partial charge on any atom is -0.476 e. The van der Waals surface area contributed by atoms with E-state index in [0.29, 0.717) is 5.71 Å². The van der Waals surface area contributed by atoms with Gasteiger partial charge in [0.2, 0.25) is 11.8 Å². The van der Waals surface area contributed by atoms with E-state index in [1.165, 1.54) is 0 Å². The van der Waals surface area contributed by atoms with Crippen LogP contribution in [0.25, 0.3) is 0 Å². The number of nitrogens with one attached hydrogen (secondary N) is 2. The minimum atomic E-state index is -3.22. The molecular formula is C23H31F2N3O11S. The van der Waals surface area contributed by atoms with Crippen LogP contribution in [0.1, 0.15) is 45.1 Å². The number of carboxylic acids is 1. The Kier molecular flexibility index (Phi) is 12.0. The molecule has 40 heavy (non-hydrogen) atoms. The maximum Gasteiger partial charge on any atom is 0.377 e. The third-order valence-electron chi connectivity index (χ3n) is 5.90. The average Bonchev–Trinajstić information content (AvgIpc) is 2.88. The molecule has 1 fully saturated rings. The maximum absolute atomic E-state index is 14.0. The van der Waals surface area contributed by atoms with Crippen LogP contribution in [0.3, 0.4) is 0 Å². The monoisotopic (exact) mass is 595 g/mol. The molecular weight excluding hydrogens is 564 g/mol. The summed E-state index contributed by atoms with van der Waals surface area (Å²) in [5.74, 6) is -6.71. The second kappa shape index (κ2) is 14.5. The molecule has 1 aromatic carbocycles. The van der Waals surface area contributed by atoms with Gasteiger partial charge >= 0.3 is 11.8 Å². The fourth-order valence-corrected chi connectivity index (χ4v) is 4.07. The van der Waals surface area contributed by atoms with Crippen LogP contribution < -0.4 is 15.4 Å². The molecule has 1 heterocycles. The number of aliphatic hydroxyl groups excluding tert-OH is 4. The van der Waals surface area contributed by atoms with Crippen molar-refractivity contribution in [3.8, 4) is 5.75 Å². The van der Waals surface area contributed by atoms with Crippen LogP contribution in [0.2, 0.25) is 0 Å². The molecule has 6 unspecified atom stereocenters. The number of benzene rings is 1. The highest BCUT2D eigenvalue weighted by molar-refractivity contribution is 7.75. The van der Waals surface area contributed by atoms with Crippen molar-refractivity contribution in [2.75, 3.05) is 11.9 Å². The van der Waals surface area contributed by atoms with Gasteiger partial charge in [-0.1, -0.05) is 5.16 Å². The van der Waals surface area contributed by atoms with Crippen LogP contribution in [0.4, 0.5) is 14.5 Å². The van der Waals surface area contributed by atoms with E-state index in [1.54, 1.807) is 6.92 Å². The van der Waals surface area contributed by atoms with Crippen molar-refractivity contribution in [1.82, 2.24) is 5.32 Å². The van der Waals surface area contributed by atoms with Crippen LogP contribution in [0.5, 0.6) is 5.75 Å². The number of amides is 2. The van der Waals surface area contributed by atoms with Crippen LogP contribution >= 0.6 is 12.9 Å². The van der Waals surface area contributed by atoms with E-state index in [2.05, 4.69) is 33.0 Å². The Morgan fingerprint density at radius 2 is 1.93 bits per heavy atom. The molecule has 1 saturated heterocycles. The van der Waals surface area contributed by atoms with Gasteiger partial charge in [-0.3, -0.25) is 9.59 Å². The summed E-state index contributed by atoms with van der Waals surface area (Å²) in [6.45, 7) is 1.65. The molecule has 6 atom stereocenters. The number of aliphatic carboxylic acids is 1. The number of carbonyl (C=O) groups is 3. The van der Waals surface area contributed by atoms with Gasteiger partial charge in [0, 0.05) is 19.0 Å². The molecule has 0 bridgehead atoms. The summed E-state index contributed by atoms with van der Waals surface area (Å²) in [7, 11) is 0. The van der Waals surface area contributed by atoms with E-state index in [1.807, 2.05) is 0 Å². The summed E-state index contributed by atoms with van der Waals surface area (Å²) in [4.78, 5) is 36.2. The molecule has 14 nitrogen and oxygen atoms in total. The molecule has 2 amide bonds. The first-order chi connectivity index (χ1) is 18.7. The minimum absolute atomic E-state index is 0.0632. The van der Waals surface area contributed by atoms with E-state index in [-0.39, 0.29) is 18.5 Å². The lowest BCUT2D eigenvalue weighted by Gasteiger charge is -2.46. The van der Waals surface area contributed by atoms with Crippen molar-refractivity contribution in [1.29, 1.82) is 0 Å². The van der Waals surface area contributed by atoms with Gasteiger partial charge in [-0.15, -0.1) is 0 Å². The molecule has 0 radical (unpaired) electrons. The smallest absolute Gasteiger partial charge is 0.377 e. The number of alkyl halides is 2. The fourth-order valence-electron chi connectivity index (χ4n) is 3.93. The summed E-state index contributed by atoms with van der Waals surface area (Å²) in [6.07, 6.45) is -11.6. The Balaban J connectivity index is 2.39. The van der Waals surface area contributed by atoms with Crippen molar-refractivity contribution in [3.63, 3.8) is 0 Å². The average molecular weight is 596 g/mol. The molecule has 224 valence electrons. The predicted octanol–water partition coefficient (Wildman–Crippen LogP) is 0.108. The van der Waals surface area contributed by atoms with Crippen LogP contribution in [-0.4, -0.2) is 91.9 Å². The molecule has 1 aliphatic rings. The summed E-state index contributed by atoms with van der Waals surface area (Å²) in [5, 5.41) is 58.5. The van der Waals surface area contributed by atoms with E-state index < -0.39 is 84.8 Å². The molecule has 0 saturated carbocycles. The summed E-state index contributed by atoms with van der Waals surface area (Å²) in [6, 6.07) is 1.50. The number of hydrogen-bond acceptors (Lipinski definition) is 12. The van der Waals surface area contributed by atoms with Crippen molar-refractivity contribution in [2.45, 2.75) is 75.8 Å². The van der Waals surface area contributed by atoms with Crippen LogP contribution in [-0.2, 0) is 23.4 Å². The highest BCUT2D eigenvalue weighted by Crippen LogP contribution is 2.39. The lowest BCUT2D eigenvalue weighted by atomic mass is 9.88. The first-order valence-electron chi connectivity index (χ1n) is 11.8. The molecule has 7 N–H and O–H groups in total.